The zero-order valence-electron chi connectivity index (χ0n) is 11.8. The van der Waals surface area contributed by atoms with E-state index >= 15 is 0 Å². The topological polar surface area (TPSA) is 63.2 Å². The minimum atomic E-state index is -3.44. The smallest absolute Gasteiger partial charge is 0.221 e. The predicted molar refractivity (Wildman–Crippen MR) is 89.1 cm³/mol. The molecule has 0 aliphatic carbocycles. The Labute approximate surface area is 138 Å². The van der Waals surface area contributed by atoms with Crippen molar-refractivity contribution in [3.05, 3.63) is 64.6 Å². The summed E-state index contributed by atoms with van der Waals surface area (Å²) in [7, 11) is -3.44. The van der Waals surface area contributed by atoms with E-state index in [1.807, 2.05) is 30.3 Å². The predicted octanol–water partition coefficient (Wildman–Crippen LogP) is 2.93. The Morgan fingerprint density at radius 2 is 1.64 bits per heavy atom. The second kappa shape index (κ2) is 7.56. The highest BCUT2D eigenvalue weighted by Gasteiger charge is 2.16. The molecule has 0 aromatic heterocycles. The van der Waals surface area contributed by atoms with Crippen molar-refractivity contribution in [3.8, 4) is 0 Å². The van der Waals surface area contributed by atoms with Crippen LogP contribution in [0.15, 0.2) is 64.0 Å². The van der Waals surface area contributed by atoms with Crippen LogP contribution in [0.25, 0.3) is 0 Å². The van der Waals surface area contributed by atoms with Crippen LogP contribution in [0.2, 0.25) is 0 Å². The van der Waals surface area contributed by atoms with Gasteiger partial charge in [0, 0.05) is 17.4 Å². The van der Waals surface area contributed by atoms with Gasteiger partial charge in [0.1, 0.15) is 0 Å². The third kappa shape index (κ3) is 4.96. The molecular weight excluding hydrogens is 366 g/mol. The molecule has 1 amide bonds. The number of amides is 1. The van der Waals surface area contributed by atoms with Crippen molar-refractivity contribution in [1.29, 1.82) is 0 Å². The van der Waals surface area contributed by atoms with Crippen molar-refractivity contribution in [1.82, 2.24) is 5.32 Å². The molecular formula is C16H16BrNO3S. The summed E-state index contributed by atoms with van der Waals surface area (Å²) in [4.78, 5) is 12.0. The standard InChI is InChI=1S/C16H16BrNO3S/c17-14-6-8-15(9-7-14)22(20,21)11-10-16(19)18-12-13-4-2-1-3-5-13/h1-9H,10-12H2,(H,18,19). The molecule has 0 aliphatic rings. The first-order chi connectivity index (χ1) is 10.5. The summed E-state index contributed by atoms with van der Waals surface area (Å²) in [5.74, 6) is -0.473. The van der Waals surface area contributed by atoms with Crippen LogP contribution in [-0.4, -0.2) is 20.1 Å². The van der Waals surface area contributed by atoms with Crippen molar-refractivity contribution in [3.63, 3.8) is 0 Å². The molecule has 2 rings (SSSR count). The fraction of sp³-hybridized carbons (Fsp3) is 0.188. The van der Waals surface area contributed by atoms with Gasteiger partial charge in [-0.3, -0.25) is 4.79 Å². The first-order valence-corrected chi connectivity index (χ1v) is 9.21. The molecule has 116 valence electrons. The van der Waals surface area contributed by atoms with Gasteiger partial charge in [0.25, 0.3) is 0 Å². The molecule has 6 heteroatoms. The molecule has 0 radical (unpaired) electrons. The van der Waals surface area contributed by atoms with Gasteiger partial charge in [0.15, 0.2) is 9.84 Å². The van der Waals surface area contributed by atoms with Crippen molar-refractivity contribution < 1.29 is 13.2 Å². The maximum absolute atomic E-state index is 12.1. The highest BCUT2D eigenvalue weighted by Crippen LogP contribution is 2.16. The lowest BCUT2D eigenvalue weighted by Crippen LogP contribution is -2.25. The SMILES string of the molecule is O=C(CCS(=O)(=O)c1ccc(Br)cc1)NCc1ccccc1. The number of sulfone groups is 1. The summed E-state index contributed by atoms with van der Waals surface area (Å²) >= 11 is 3.26. The summed E-state index contributed by atoms with van der Waals surface area (Å²) in [5, 5.41) is 2.72. The van der Waals surface area contributed by atoms with E-state index in [4.69, 9.17) is 0 Å². The Morgan fingerprint density at radius 3 is 2.27 bits per heavy atom. The average Bonchev–Trinajstić information content (AvgIpc) is 2.52. The van der Waals surface area contributed by atoms with E-state index < -0.39 is 9.84 Å². The highest BCUT2D eigenvalue weighted by atomic mass is 79.9. The van der Waals surface area contributed by atoms with E-state index in [1.165, 1.54) is 12.1 Å². The van der Waals surface area contributed by atoms with Crippen molar-refractivity contribution in [2.75, 3.05) is 5.75 Å². The molecule has 0 aliphatic heterocycles. The normalized spacial score (nSPS) is 11.1. The maximum Gasteiger partial charge on any atom is 0.221 e. The van der Waals surface area contributed by atoms with E-state index in [0.717, 1.165) is 10.0 Å². The molecule has 0 fully saturated rings. The Balaban J connectivity index is 1.86. The van der Waals surface area contributed by atoms with Gasteiger partial charge in [-0.1, -0.05) is 46.3 Å². The Hall–Kier alpha value is -1.66. The molecule has 0 saturated carbocycles. The highest BCUT2D eigenvalue weighted by molar-refractivity contribution is 9.10. The monoisotopic (exact) mass is 381 g/mol. The molecule has 1 N–H and O–H groups in total. The number of nitrogens with one attached hydrogen (secondary N) is 1. The Kier molecular flexibility index (Phi) is 5.74. The van der Waals surface area contributed by atoms with Crippen LogP contribution < -0.4 is 5.32 Å². The molecule has 0 unspecified atom stereocenters. The van der Waals surface area contributed by atoms with E-state index in [1.54, 1.807) is 12.1 Å². The molecule has 0 saturated heterocycles. The van der Waals surface area contributed by atoms with Crippen LogP contribution in [0.5, 0.6) is 0 Å². The summed E-state index contributed by atoms with van der Waals surface area (Å²) in [5.41, 5.74) is 0.978. The molecule has 0 heterocycles. The number of benzene rings is 2. The van der Waals surface area contributed by atoms with Gasteiger partial charge in [-0.25, -0.2) is 8.42 Å². The molecule has 0 spiro atoms. The fourth-order valence-corrected chi connectivity index (χ4v) is 3.38. The molecule has 0 bridgehead atoms. The van der Waals surface area contributed by atoms with Crippen molar-refractivity contribution in [2.24, 2.45) is 0 Å². The summed E-state index contributed by atoms with van der Waals surface area (Å²) in [6.45, 7) is 0.401. The van der Waals surface area contributed by atoms with Gasteiger partial charge < -0.3 is 5.32 Å². The summed E-state index contributed by atoms with van der Waals surface area (Å²) in [6.07, 6.45) is -0.0504. The van der Waals surface area contributed by atoms with E-state index in [9.17, 15) is 13.2 Å². The van der Waals surface area contributed by atoms with Crippen LogP contribution in [-0.2, 0) is 21.2 Å². The van der Waals surface area contributed by atoms with Gasteiger partial charge in [0.2, 0.25) is 5.91 Å². The largest absolute Gasteiger partial charge is 0.352 e. The number of halogens is 1. The first kappa shape index (κ1) is 16.7. The number of carbonyl (C=O) groups excluding carboxylic acids is 1. The second-order valence-corrected chi connectivity index (χ2v) is 7.81. The number of carbonyl (C=O) groups is 1. The minimum absolute atomic E-state index is 0.0504. The summed E-state index contributed by atoms with van der Waals surface area (Å²) in [6, 6.07) is 15.9. The lowest BCUT2D eigenvalue weighted by Gasteiger charge is -2.06. The van der Waals surface area contributed by atoms with Crippen LogP contribution in [0.1, 0.15) is 12.0 Å². The molecule has 2 aromatic rings. The van der Waals surface area contributed by atoms with Gasteiger partial charge in [-0.2, -0.15) is 0 Å². The number of rotatable bonds is 6. The average molecular weight is 382 g/mol. The number of hydrogen-bond donors (Lipinski definition) is 1. The van der Waals surface area contributed by atoms with Crippen molar-refractivity contribution in [2.45, 2.75) is 17.9 Å². The molecule has 22 heavy (non-hydrogen) atoms. The minimum Gasteiger partial charge on any atom is -0.352 e. The number of hydrogen-bond acceptors (Lipinski definition) is 3. The third-order valence-electron chi connectivity index (χ3n) is 3.10. The zero-order valence-corrected chi connectivity index (χ0v) is 14.2. The van der Waals surface area contributed by atoms with Crippen LogP contribution in [0.4, 0.5) is 0 Å². The molecule has 0 atom stereocenters. The second-order valence-electron chi connectivity index (χ2n) is 4.79. The lowest BCUT2D eigenvalue weighted by molar-refractivity contribution is -0.120. The Morgan fingerprint density at radius 1 is 1.00 bits per heavy atom. The zero-order chi connectivity index (χ0) is 16.0. The first-order valence-electron chi connectivity index (χ1n) is 6.76. The Bertz CT molecular complexity index is 728. The van der Waals surface area contributed by atoms with Crippen LogP contribution in [0.3, 0.4) is 0 Å². The van der Waals surface area contributed by atoms with Gasteiger partial charge in [-0.15, -0.1) is 0 Å². The van der Waals surface area contributed by atoms with Crippen LogP contribution >= 0.6 is 15.9 Å². The van der Waals surface area contributed by atoms with Gasteiger partial charge in [0.05, 0.1) is 10.6 Å². The maximum atomic E-state index is 12.1. The van der Waals surface area contributed by atoms with Crippen molar-refractivity contribution >= 4 is 31.7 Å². The van der Waals surface area contributed by atoms with E-state index in [0.29, 0.717) is 6.54 Å². The molecule has 2 aromatic carbocycles. The quantitative estimate of drug-likeness (QED) is 0.836. The van der Waals surface area contributed by atoms with Gasteiger partial charge in [-0.05, 0) is 29.8 Å². The van der Waals surface area contributed by atoms with E-state index in [-0.39, 0.29) is 23.0 Å². The van der Waals surface area contributed by atoms with Gasteiger partial charge >= 0.3 is 0 Å². The molecule has 4 nitrogen and oxygen atoms in total. The fourth-order valence-electron chi connectivity index (χ4n) is 1.87. The van der Waals surface area contributed by atoms with Crippen LogP contribution in [0, 0.1) is 0 Å². The third-order valence-corrected chi connectivity index (χ3v) is 5.36. The lowest BCUT2D eigenvalue weighted by atomic mass is 10.2. The van der Waals surface area contributed by atoms with E-state index in [2.05, 4.69) is 21.2 Å². The summed E-state index contributed by atoms with van der Waals surface area (Å²) < 4.78 is 25.1.